The molecule has 0 aliphatic carbocycles. The molecular formula is C16H32N2O. The fraction of sp³-hybridized carbons (Fsp3) is 0.938. The van der Waals surface area contributed by atoms with Crippen molar-refractivity contribution in [2.45, 2.75) is 72.4 Å². The highest BCUT2D eigenvalue weighted by Gasteiger charge is 2.29. The van der Waals surface area contributed by atoms with Crippen LogP contribution in [0, 0.1) is 11.8 Å². The van der Waals surface area contributed by atoms with Gasteiger partial charge in [0, 0.05) is 6.54 Å². The average Bonchev–Trinajstić information content (AvgIpc) is 2.64. The lowest BCUT2D eigenvalue weighted by Gasteiger charge is -2.25. The van der Waals surface area contributed by atoms with Gasteiger partial charge in [-0.05, 0) is 24.7 Å². The van der Waals surface area contributed by atoms with Crippen molar-refractivity contribution < 1.29 is 4.79 Å². The van der Waals surface area contributed by atoms with Crippen LogP contribution in [0.4, 0.5) is 0 Å². The first-order valence-corrected chi connectivity index (χ1v) is 8.03. The van der Waals surface area contributed by atoms with Crippen molar-refractivity contribution in [1.82, 2.24) is 10.2 Å². The highest BCUT2D eigenvalue weighted by molar-refractivity contribution is 5.80. The zero-order valence-electron chi connectivity index (χ0n) is 13.2. The lowest BCUT2D eigenvalue weighted by Crippen LogP contribution is -2.38. The number of amides is 1. The minimum Gasteiger partial charge on any atom is -0.326 e. The number of nitrogens with one attached hydrogen (secondary N) is 1. The molecule has 1 fully saturated rings. The van der Waals surface area contributed by atoms with E-state index in [1.54, 1.807) is 0 Å². The Balaban J connectivity index is 2.17. The van der Waals surface area contributed by atoms with Gasteiger partial charge in [0.15, 0.2) is 0 Å². The molecule has 1 unspecified atom stereocenters. The summed E-state index contributed by atoms with van der Waals surface area (Å²) in [5.41, 5.74) is 0. The largest absolute Gasteiger partial charge is 0.326 e. The maximum Gasteiger partial charge on any atom is 0.237 e. The number of rotatable bonds is 9. The summed E-state index contributed by atoms with van der Waals surface area (Å²) in [7, 11) is 0. The molecule has 1 aliphatic rings. The third-order valence-electron chi connectivity index (χ3n) is 3.81. The number of carbonyl (C=O) groups excluding carboxylic acids is 1. The van der Waals surface area contributed by atoms with Gasteiger partial charge in [0.2, 0.25) is 5.91 Å². The second-order valence-electron chi connectivity index (χ2n) is 6.71. The third-order valence-corrected chi connectivity index (χ3v) is 3.81. The molecule has 1 N–H and O–H groups in total. The molecular weight excluding hydrogens is 236 g/mol. The number of nitrogens with zero attached hydrogens (tertiary/aromatic N) is 1. The molecule has 0 spiro atoms. The molecule has 112 valence electrons. The summed E-state index contributed by atoms with van der Waals surface area (Å²) in [5, 5.41) is 3.33. The smallest absolute Gasteiger partial charge is 0.237 e. The summed E-state index contributed by atoms with van der Waals surface area (Å²) < 4.78 is 0. The predicted octanol–water partition coefficient (Wildman–Crippen LogP) is 3.40. The molecule has 1 amide bonds. The summed E-state index contributed by atoms with van der Waals surface area (Å²) in [6.07, 6.45) is 7.73. The van der Waals surface area contributed by atoms with Crippen LogP contribution in [0.25, 0.3) is 0 Å². The minimum absolute atomic E-state index is 0.281. The van der Waals surface area contributed by atoms with Gasteiger partial charge in [-0.3, -0.25) is 10.1 Å². The van der Waals surface area contributed by atoms with Gasteiger partial charge in [0.25, 0.3) is 0 Å². The molecule has 0 aromatic heterocycles. The molecule has 0 bridgehead atoms. The van der Waals surface area contributed by atoms with Crippen molar-refractivity contribution in [2.24, 2.45) is 11.8 Å². The van der Waals surface area contributed by atoms with Crippen molar-refractivity contribution in [3.8, 4) is 0 Å². The molecule has 0 radical (unpaired) electrons. The zero-order valence-corrected chi connectivity index (χ0v) is 13.2. The van der Waals surface area contributed by atoms with Gasteiger partial charge < -0.3 is 4.90 Å². The van der Waals surface area contributed by atoms with Crippen LogP contribution in [0.5, 0.6) is 0 Å². The molecule has 1 rings (SSSR count). The monoisotopic (exact) mass is 268 g/mol. The highest BCUT2D eigenvalue weighted by Crippen LogP contribution is 2.16. The van der Waals surface area contributed by atoms with Gasteiger partial charge >= 0.3 is 0 Å². The first-order chi connectivity index (χ1) is 9.00. The summed E-state index contributed by atoms with van der Waals surface area (Å²) in [6, 6.07) is 0. The van der Waals surface area contributed by atoms with E-state index in [1.807, 2.05) is 0 Å². The number of hydrogen-bond acceptors (Lipinski definition) is 2. The summed E-state index contributed by atoms with van der Waals surface area (Å²) >= 11 is 0. The van der Waals surface area contributed by atoms with Gasteiger partial charge in [-0.1, -0.05) is 53.4 Å². The first kappa shape index (κ1) is 16.5. The van der Waals surface area contributed by atoms with Crippen molar-refractivity contribution in [2.75, 3.05) is 13.1 Å². The van der Waals surface area contributed by atoms with E-state index in [9.17, 15) is 4.79 Å². The van der Waals surface area contributed by atoms with E-state index in [2.05, 4.69) is 37.9 Å². The van der Waals surface area contributed by atoms with E-state index in [4.69, 9.17) is 0 Å². The molecule has 19 heavy (non-hydrogen) atoms. The van der Waals surface area contributed by atoms with Crippen LogP contribution in [0.2, 0.25) is 0 Å². The quantitative estimate of drug-likeness (QED) is 0.650. The van der Waals surface area contributed by atoms with Crippen molar-refractivity contribution >= 4 is 5.91 Å². The van der Waals surface area contributed by atoms with E-state index in [1.165, 1.54) is 25.7 Å². The Labute approximate surface area is 119 Å². The Bertz CT molecular complexity index is 263. The Hall–Kier alpha value is -0.570. The molecule has 1 atom stereocenters. The van der Waals surface area contributed by atoms with Crippen LogP contribution in [0.15, 0.2) is 0 Å². The van der Waals surface area contributed by atoms with Gasteiger partial charge in [-0.2, -0.15) is 0 Å². The van der Waals surface area contributed by atoms with Gasteiger partial charge in [0.05, 0.1) is 12.7 Å². The number of hydrogen-bond donors (Lipinski definition) is 1. The van der Waals surface area contributed by atoms with E-state index < -0.39 is 0 Å². The van der Waals surface area contributed by atoms with Crippen LogP contribution in [-0.4, -0.2) is 30.1 Å². The fourth-order valence-corrected chi connectivity index (χ4v) is 2.72. The van der Waals surface area contributed by atoms with E-state index in [0.717, 1.165) is 25.3 Å². The number of unbranched alkanes of at least 4 members (excludes halogenated alkanes) is 3. The molecule has 0 aromatic carbocycles. The molecule has 0 aromatic rings. The second kappa shape index (κ2) is 8.57. The normalized spacial score (nSPS) is 20.0. The SMILES string of the molecule is CC(C)CCCCCCN1C(=O)CNC1CC(C)C. The maximum absolute atomic E-state index is 11.8. The number of carbonyl (C=O) groups is 1. The second-order valence-corrected chi connectivity index (χ2v) is 6.71. The van der Waals surface area contributed by atoms with Crippen LogP contribution < -0.4 is 5.32 Å². The van der Waals surface area contributed by atoms with E-state index in [0.29, 0.717) is 12.5 Å². The van der Waals surface area contributed by atoms with Crippen LogP contribution in [0.3, 0.4) is 0 Å². The first-order valence-electron chi connectivity index (χ1n) is 8.03. The Kier molecular flexibility index (Phi) is 7.44. The van der Waals surface area contributed by atoms with Gasteiger partial charge in [0.1, 0.15) is 0 Å². The average molecular weight is 268 g/mol. The van der Waals surface area contributed by atoms with Crippen LogP contribution >= 0.6 is 0 Å². The molecule has 0 saturated carbocycles. The van der Waals surface area contributed by atoms with E-state index in [-0.39, 0.29) is 12.1 Å². The molecule has 1 heterocycles. The predicted molar refractivity (Wildman–Crippen MR) is 80.9 cm³/mol. The molecule has 1 saturated heterocycles. The zero-order chi connectivity index (χ0) is 14.3. The van der Waals surface area contributed by atoms with Crippen LogP contribution in [-0.2, 0) is 4.79 Å². The van der Waals surface area contributed by atoms with Gasteiger partial charge in [-0.15, -0.1) is 0 Å². The minimum atomic E-state index is 0.281. The van der Waals surface area contributed by atoms with Gasteiger partial charge in [-0.25, -0.2) is 0 Å². The standard InChI is InChI=1S/C16H32N2O/c1-13(2)9-7-5-6-8-10-18-15(11-14(3)4)17-12-16(18)19/h13-15,17H,5-12H2,1-4H3. The lowest BCUT2D eigenvalue weighted by atomic mass is 10.0. The van der Waals surface area contributed by atoms with Crippen LogP contribution in [0.1, 0.15) is 66.2 Å². The highest BCUT2D eigenvalue weighted by atomic mass is 16.2. The topological polar surface area (TPSA) is 32.3 Å². The summed E-state index contributed by atoms with van der Waals surface area (Å²) in [6.45, 7) is 10.5. The molecule has 3 heteroatoms. The van der Waals surface area contributed by atoms with E-state index >= 15 is 0 Å². The summed E-state index contributed by atoms with van der Waals surface area (Å²) in [4.78, 5) is 13.9. The lowest BCUT2D eigenvalue weighted by molar-refractivity contribution is -0.128. The Morgan fingerprint density at radius 2 is 1.79 bits per heavy atom. The molecule has 1 aliphatic heterocycles. The maximum atomic E-state index is 11.8. The molecule has 3 nitrogen and oxygen atoms in total. The van der Waals surface area contributed by atoms with Crippen molar-refractivity contribution in [3.05, 3.63) is 0 Å². The van der Waals surface area contributed by atoms with Crippen molar-refractivity contribution in [3.63, 3.8) is 0 Å². The summed E-state index contributed by atoms with van der Waals surface area (Å²) in [5.74, 6) is 1.74. The Morgan fingerprint density at radius 1 is 1.11 bits per heavy atom. The van der Waals surface area contributed by atoms with Crippen molar-refractivity contribution in [1.29, 1.82) is 0 Å². The third kappa shape index (κ3) is 6.42. The fourth-order valence-electron chi connectivity index (χ4n) is 2.72. The Morgan fingerprint density at radius 3 is 2.42 bits per heavy atom.